The quantitative estimate of drug-likeness (QED) is 0.231. The van der Waals surface area contributed by atoms with Crippen LogP contribution in [0.4, 0.5) is 18.0 Å². The third kappa shape index (κ3) is 5.37. The molecule has 1 aliphatic heterocycles. The number of hydrogen-bond acceptors (Lipinski definition) is 5. The first-order valence-electron chi connectivity index (χ1n) is 12.3. The highest BCUT2D eigenvalue weighted by atomic mass is 19.4. The van der Waals surface area contributed by atoms with Gasteiger partial charge in [-0.3, -0.25) is 9.69 Å². The van der Waals surface area contributed by atoms with E-state index in [4.69, 9.17) is 9.15 Å². The summed E-state index contributed by atoms with van der Waals surface area (Å²) in [4.78, 5) is 40.1. The number of imide groups is 1. The van der Waals surface area contributed by atoms with Crippen molar-refractivity contribution in [3.05, 3.63) is 39.7 Å². The van der Waals surface area contributed by atoms with Crippen molar-refractivity contribution in [2.24, 2.45) is 0 Å². The normalized spacial score (nSPS) is 16.0. The zero-order valence-corrected chi connectivity index (χ0v) is 21.3. The van der Waals surface area contributed by atoms with Gasteiger partial charge in [-0.2, -0.15) is 13.2 Å². The van der Waals surface area contributed by atoms with Gasteiger partial charge in [0.15, 0.2) is 0 Å². The van der Waals surface area contributed by atoms with Crippen LogP contribution in [0.15, 0.2) is 27.4 Å². The van der Waals surface area contributed by atoms with E-state index in [9.17, 15) is 27.6 Å². The number of urea groups is 1. The topological polar surface area (TPSA) is 80.1 Å². The molecule has 1 aromatic carbocycles. The van der Waals surface area contributed by atoms with Gasteiger partial charge in [-0.25, -0.2) is 9.59 Å². The van der Waals surface area contributed by atoms with Gasteiger partial charge < -0.3 is 14.1 Å². The van der Waals surface area contributed by atoms with E-state index >= 15 is 0 Å². The summed E-state index contributed by atoms with van der Waals surface area (Å²) in [7, 11) is 0. The molecule has 1 aliphatic rings. The van der Waals surface area contributed by atoms with Gasteiger partial charge in [-0.15, -0.1) is 0 Å². The van der Waals surface area contributed by atoms with Crippen molar-refractivity contribution in [2.45, 2.75) is 84.5 Å². The lowest BCUT2D eigenvalue weighted by Gasteiger charge is -2.31. The number of carbonyl (C=O) groups is 2. The molecule has 1 saturated heterocycles. The molecule has 0 saturated carbocycles. The summed E-state index contributed by atoms with van der Waals surface area (Å²) in [6, 6.07) is 2.84. The highest BCUT2D eigenvalue weighted by Gasteiger charge is 2.51. The van der Waals surface area contributed by atoms with Crippen LogP contribution >= 0.6 is 0 Å². The fourth-order valence-corrected chi connectivity index (χ4v) is 4.80. The lowest BCUT2D eigenvalue weighted by molar-refractivity contribution is -0.136. The molecule has 2 heterocycles. The van der Waals surface area contributed by atoms with Crippen LogP contribution in [0.2, 0.25) is 0 Å². The Morgan fingerprint density at radius 3 is 2.36 bits per heavy atom. The van der Waals surface area contributed by atoms with Crippen LogP contribution in [0.3, 0.4) is 0 Å². The molecule has 0 spiro atoms. The Kier molecular flexibility index (Phi) is 8.05. The lowest BCUT2D eigenvalue weighted by Crippen LogP contribution is -2.47. The van der Waals surface area contributed by atoms with Gasteiger partial charge in [0.1, 0.15) is 16.9 Å². The second kappa shape index (κ2) is 10.5. The average molecular weight is 511 g/mol. The van der Waals surface area contributed by atoms with Crippen molar-refractivity contribution in [1.82, 2.24) is 9.80 Å². The molecule has 1 fully saturated rings. The van der Waals surface area contributed by atoms with E-state index in [1.807, 2.05) is 20.8 Å². The minimum absolute atomic E-state index is 0.0919. The first-order valence-corrected chi connectivity index (χ1v) is 12.3. The number of amides is 3. The highest BCUT2D eigenvalue weighted by molar-refractivity contribution is 6.06. The van der Waals surface area contributed by atoms with Crippen molar-refractivity contribution in [1.29, 1.82) is 0 Å². The molecule has 2 aromatic rings. The standard InChI is InChI=1S/C26H33F3N2O5/c1-6-10-18-20(12-11-17-19(26(27,28)29)15-21(32)36-22(17)18)35-14-9-7-8-13-30-23(33)25(4,5)31(16(2)3)24(30)34/h11-12,15-16H,6-10,13-14H2,1-5H3. The Morgan fingerprint density at radius 2 is 1.78 bits per heavy atom. The molecular formula is C26H33F3N2O5. The van der Waals surface area contributed by atoms with Gasteiger partial charge in [0.2, 0.25) is 0 Å². The second-order valence-corrected chi connectivity index (χ2v) is 9.82. The van der Waals surface area contributed by atoms with Crippen molar-refractivity contribution < 1.29 is 31.9 Å². The lowest BCUT2D eigenvalue weighted by atomic mass is 10.0. The predicted octanol–water partition coefficient (Wildman–Crippen LogP) is 5.76. The van der Waals surface area contributed by atoms with Crippen LogP contribution in [0.5, 0.6) is 5.75 Å². The maximum Gasteiger partial charge on any atom is 0.417 e. The number of hydrogen-bond donors (Lipinski definition) is 0. The minimum atomic E-state index is -4.68. The van der Waals surface area contributed by atoms with E-state index in [0.717, 1.165) is 0 Å². The second-order valence-electron chi connectivity index (χ2n) is 9.82. The number of fused-ring (bicyclic) bond motifs is 1. The van der Waals surface area contributed by atoms with Crippen LogP contribution in [0, 0.1) is 0 Å². The monoisotopic (exact) mass is 510 g/mol. The number of rotatable bonds is 10. The molecule has 3 amide bonds. The molecule has 198 valence electrons. The zero-order valence-electron chi connectivity index (χ0n) is 21.3. The Labute approximate surface area is 208 Å². The molecule has 0 aliphatic carbocycles. The zero-order chi connectivity index (χ0) is 26.8. The summed E-state index contributed by atoms with van der Waals surface area (Å²) in [5.74, 6) is 0.170. The Balaban J connectivity index is 1.64. The molecule has 1 aromatic heterocycles. The van der Waals surface area contributed by atoms with Crippen molar-refractivity contribution in [2.75, 3.05) is 13.2 Å². The van der Waals surface area contributed by atoms with E-state index in [1.165, 1.54) is 17.0 Å². The van der Waals surface area contributed by atoms with E-state index in [-0.39, 0.29) is 35.6 Å². The molecule has 0 N–H and O–H groups in total. The number of halogens is 3. The molecule has 0 atom stereocenters. The highest BCUT2D eigenvalue weighted by Crippen LogP contribution is 2.37. The number of unbranched alkanes of at least 4 members (excludes halogenated alkanes) is 2. The maximum absolute atomic E-state index is 13.4. The molecule has 10 heteroatoms. The fraction of sp³-hybridized carbons (Fsp3) is 0.577. The first kappa shape index (κ1) is 27.5. The summed E-state index contributed by atoms with van der Waals surface area (Å²) < 4.78 is 51.4. The van der Waals surface area contributed by atoms with E-state index in [0.29, 0.717) is 56.0 Å². The number of benzene rings is 1. The Hall–Kier alpha value is -3.04. The van der Waals surface area contributed by atoms with Crippen molar-refractivity contribution in [3.8, 4) is 5.75 Å². The van der Waals surface area contributed by atoms with Gasteiger partial charge in [0.05, 0.1) is 12.2 Å². The van der Waals surface area contributed by atoms with Crippen LogP contribution in [0.25, 0.3) is 11.0 Å². The predicted molar refractivity (Wildman–Crippen MR) is 129 cm³/mol. The van der Waals surface area contributed by atoms with Crippen molar-refractivity contribution in [3.63, 3.8) is 0 Å². The fourth-order valence-electron chi connectivity index (χ4n) is 4.80. The average Bonchev–Trinajstić information content (AvgIpc) is 2.94. The third-order valence-corrected chi connectivity index (χ3v) is 6.39. The maximum atomic E-state index is 13.4. The van der Waals surface area contributed by atoms with Crippen LogP contribution in [-0.4, -0.2) is 46.5 Å². The van der Waals surface area contributed by atoms with Gasteiger partial charge >= 0.3 is 17.8 Å². The van der Waals surface area contributed by atoms with Crippen LogP contribution in [0.1, 0.15) is 71.4 Å². The third-order valence-electron chi connectivity index (χ3n) is 6.39. The molecule has 0 bridgehead atoms. The summed E-state index contributed by atoms with van der Waals surface area (Å²) in [5.41, 5.74) is -2.63. The largest absolute Gasteiger partial charge is 0.493 e. The summed E-state index contributed by atoms with van der Waals surface area (Å²) in [6.45, 7) is 9.72. The summed E-state index contributed by atoms with van der Waals surface area (Å²) >= 11 is 0. The summed E-state index contributed by atoms with van der Waals surface area (Å²) in [6.07, 6.45) is -1.77. The molecular weight excluding hydrogens is 477 g/mol. The SMILES string of the molecule is CCCc1c(OCCCCCN2C(=O)N(C(C)C)C(C)(C)C2=O)ccc2c(C(F)(F)F)cc(=O)oc12. The van der Waals surface area contributed by atoms with E-state index in [2.05, 4.69) is 0 Å². The van der Waals surface area contributed by atoms with Gasteiger partial charge in [0.25, 0.3) is 5.91 Å². The first-order chi connectivity index (χ1) is 16.8. The van der Waals surface area contributed by atoms with Crippen LogP contribution < -0.4 is 10.4 Å². The van der Waals surface area contributed by atoms with Crippen molar-refractivity contribution >= 4 is 22.9 Å². The Bertz CT molecular complexity index is 1190. The number of nitrogens with zero attached hydrogens (tertiary/aromatic N) is 2. The molecule has 0 radical (unpaired) electrons. The molecule has 36 heavy (non-hydrogen) atoms. The molecule has 3 rings (SSSR count). The minimum Gasteiger partial charge on any atom is -0.493 e. The molecule has 0 unspecified atom stereocenters. The number of ether oxygens (including phenoxy) is 1. The van der Waals surface area contributed by atoms with Gasteiger partial charge in [-0.05, 0) is 65.5 Å². The number of carbonyl (C=O) groups excluding carboxylic acids is 2. The van der Waals surface area contributed by atoms with E-state index < -0.39 is 22.9 Å². The van der Waals surface area contributed by atoms with Gasteiger partial charge in [-0.1, -0.05) is 13.3 Å². The van der Waals surface area contributed by atoms with Crippen LogP contribution in [-0.2, 0) is 17.4 Å². The number of alkyl halides is 3. The molecule has 7 nitrogen and oxygen atoms in total. The number of aryl methyl sites for hydroxylation is 1. The smallest absolute Gasteiger partial charge is 0.417 e. The van der Waals surface area contributed by atoms with Gasteiger partial charge in [0, 0.05) is 29.6 Å². The Morgan fingerprint density at radius 1 is 1.08 bits per heavy atom. The summed E-state index contributed by atoms with van der Waals surface area (Å²) in [5, 5.41) is -0.170. The van der Waals surface area contributed by atoms with E-state index in [1.54, 1.807) is 18.7 Å².